The molecule has 0 fully saturated rings. The summed E-state index contributed by atoms with van der Waals surface area (Å²) < 4.78 is 16.9. The average Bonchev–Trinajstić information content (AvgIpc) is 2.80. The highest BCUT2D eigenvalue weighted by Gasteiger charge is 2.06. The van der Waals surface area contributed by atoms with Crippen molar-refractivity contribution in [1.29, 1.82) is 0 Å². The lowest BCUT2D eigenvalue weighted by Gasteiger charge is -2.12. The van der Waals surface area contributed by atoms with E-state index in [1.165, 1.54) is 6.21 Å². The summed E-state index contributed by atoms with van der Waals surface area (Å²) in [5, 5.41) is 4.57. The summed E-state index contributed by atoms with van der Waals surface area (Å²) in [5.74, 6) is 1.70. The maximum Gasteiger partial charge on any atom is 0.271 e. The molecule has 31 heavy (non-hydrogen) atoms. The zero-order chi connectivity index (χ0) is 21.9. The van der Waals surface area contributed by atoms with Crippen LogP contribution in [0.5, 0.6) is 17.2 Å². The van der Waals surface area contributed by atoms with Crippen LogP contribution in [0.1, 0.15) is 22.3 Å². The number of para-hydroxylation sites is 2. The third-order valence-corrected chi connectivity index (χ3v) is 4.49. The van der Waals surface area contributed by atoms with E-state index in [9.17, 15) is 4.79 Å². The summed E-state index contributed by atoms with van der Waals surface area (Å²) in [7, 11) is 1.61. The molecule has 0 aliphatic rings. The zero-order valence-corrected chi connectivity index (χ0v) is 17.8. The Hall–Kier alpha value is -3.51. The van der Waals surface area contributed by atoms with Crippen LogP contribution in [0.25, 0.3) is 0 Å². The van der Waals surface area contributed by atoms with Crippen molar-refractivity contribution in [3.05, 3.63) is 88.9 Å². The molecule has 0 saturated heterocycles. The molecule has 0 aliphatic carbocycles. The van der Waals surface area contributed by atoms with Crippen LogP contribution in [0.4, 0.5) is 0 Å². The molecule has 1 N–H and O–H groups in total. The Kier molecular flexibility index (Phi) is 8.31. The first-order valence-electron chi connectivity index (χ1n) is 9.74. The molecule has 0 heterocycles. The monoisotopic (exact) mass is 438 g/mol. The number of amides is 1. The quantitative estimate of drug-likeness (QED) is 0.276. The van der Waals surface area contributed by atoms with Crippen LogP contribution >= 0.6 is 11.6 Å². The normalized spacial score (nSPS) is 10.6. The van der Waals surface area contributed by atoms with Gasteiger partial charge in [0.05, 0.1) is 26.5 Å². The molecule has 7 heteroatoms. The van der Waals surface area contributed by atoms with Crippen LogP contribution in [0.2, 0.25) is 5.02 Å². The zero-order valence-electron chi connectivity index (χ0n) is 17.1. The van der Waals surface area contributed by atoms with Gasteiger partial charge in [-0.05, 0) is 42.5 Å². The smallest absolute Gasteiger partial charge is 0.271 e. The minimum atomic E-state index is -0.296. The van der Waals surface area contributed by atoms with Gasteiger partial charge in [-0.25, -0.2) is 5.43 Å². The summed E-state index contributed by atoms with van der Waals surface area (Å²) in [6.45, 7) is 0.915. The Morgan fingerprint density at radius 1 is 0.935 bits per heavy atom. The molecule has 0 unspecified atom stereocenters. The molecule has 0 bridgehead atoms. The number of halogens is 1. The predicted molar refractivity (Wildman–Crippen MR) is 122 cm³/mol. The van der Waals surface area contributed by atoms with E-state index in [4.69, 9.17) is 25.8 Å². The maximum atomic E-state index is 12.1. The van der Waals surface area contributed by atoms with Gasteiger partial charge in [-0.3, -0.25) is 4.79 Å². The number of nitrogens with zero attached hydrogens (tertiary/aromatic N) is 1. The van der Waals surface area contributed by atoms with E-state index in [0.29, 0.717) is 53.0 Å². The van der Waals surface area contributed by atoms with E-state index in [0.717, 1.165) is 0 Å². The predicted octanol–water partition coefficient (Wildman–Crippen LogP) is 4.96. The molecule has 3 aromatic carbocycles. The van der Waals surface area contributed by atoms with Crippen molar-refractivity contribution in [2.45, 2.75) is 6.42 Å². The molecule has 0 atom stereocenters. The number of nitrogens with one attached hydrogen (secondary N) is 1. The Labute approximate surface area is 186 Å². The fourth-order valence-corrected chi connectivity index (χ4v) is 2.91. The Morgan fingerprint density at radius 2 is 1.61 bits per heavy atom. The van der Waals surface area contributed by atoms with Crippen molar-refractivity contribution >= 4 is 23.7 Å². The summed E-state index contributed by atoms with van der Waals surface area (Å²) in [6.07, 6.45) is 2.18. The highest BCUT2D eigenvalue weighted by molar-refractivity contribution is 6.30. The van der Waals surface area contributed by atoms with Gasteiger partial charge >= 0.3 is 0 Å². The van der Waals surface area contributed by atoms with Gasteiger partial charge in [-0.1, -0.05) is 41.9 Å². The average molecular weight is 439 g/mol. The highest BCUT2D eigenvalue weighted by Crippen LogP contribution is 2.26. The van der Waals surface area contributed by atoms with Crippen LogP contribution in [0.3, 0.4) is 0 Å². The number of benzene rings is 3. The van der Waals surface area contributed by atoms with E-state index >= 15 is 0 Å². The molecule has 0 radical (unpaired) electrons. The van der Waals surface area contributed by atoms with E-state index in [-0.39, 0.29) is 5.91 Å². The van der Waals surface area contributed by atoms with Crippen LogP contribution < -0.4 is 19.6 Å². The largest absolute Gasteiger partial charge is 0.493 e. The highest BCUT2D eigenvalue weighted by atomic mass is 35.5. The summed E-state index contributed by atoms with van der Waals surface area (Å²) in [5.41, 5.74) is 3.68. The van der Waals surface area contributed by atoms with Crippen molar-refractivity contribution in [2.75, 3.05) is 20.3 Å². The molecule has 3 rings (SSSR count). The van der Waals surface area contributed by atoms with Gasteiger partial charge in [0.25, 0.3) is 5.91 Å². The summed E-state index contributed by atoms with van der Waals surface area (Å²) in [4.78, 5) is 12.1. The lowest BCUT2D eigenvalue weighted by Crippen LogP contribution is -2.17. The third-order valence-electron chi connectivity index (χ3n) is 4.25. The van der Waals surface area contributed by atoms with Crippen molar-refractivity contribution in [1.82, 2.24) is 5.43 Å². The minimum Gasteiger partial charge on any atom is -0.493 e. The Bertz CT molecular complexity index is 1030. The first kappa shape index (κ1) is 22.2. The molecular formula is C24H23ClN2O4. The van der Waals surface area contributed by atoms with Crippen molar-refractivity contribution in [3.63, 3.8) is 0 Å². The molecule has 0 saturated carbocycles. The second-order valence-corrected chi connectivity index (χ2v) is 6.89. The fourth-order valence-electron chi connectivity index (χ4n) is 2.73. The summed E-state index contributed by atoms with van der Waals surface area (Å²) in [6, 6.07) is 21.6. The van der Waals surface area contributed by atoms with E-state index in [1.807, 2.05) is 30.3 Å². The van der Waals surface area contributed by atoms with Crippen LogP contribution in [-0.4, -0.2) is 32.4 Å². The van der Waals surface area contributed by atoms with Crippen LogP contribution in [0.15, 0.2) is 77.9 Å². The molecule has 160 valence electrons. The lowest BCUT2D eigenvalue weighted by atomic mass is 10.2. The van der Waals surface area contributed by atoms with Gasteiger partial charge in [0.15, 0.2) is 11.5 Å². The lowest BCUT2D eigenvalue weighted by molar-refractivity contribution is 0.0955. The number of methoxy groups -OCH3 is 1. The molecule has 3 aromatic rings. The van der Waals surface area contributed by atoms with Crippen molar-refractivity contribution in [3.8, 4) is 17.2 Å². The summed E-state index contributed by atoms with van der Waals surface area (Å²) >= 11 is 6.10. The molecule has 0 aliphatic heterocycles. The van der Waals surface area contributed by atoms with Gasteiger partial charge in [0, 0.05) is 22.6 Å². The number of hydrogen-bond acceptors (Lipinski definition) is 5. The number of rotatable bonds is 10. The maximum absolute atomic E-state index is 12.1. The Balaban J connectivity index is 1.52. The fraction of sp³-hybridized carbons (Fsp3) is 0.167. The standard InChI is InChI=1S/C24H23ClN2O4/c1-29-22-10-5-6-11-23(22)31-15-7-14-30-21-13-12-20(25)16-19(21)17-26-27-24(28)18-8-3-2-4-9-18/h2-6,8-13,16-17H,7,14-15H2,1H3,(H,27,28). The molecular weight excluding hydrogens is 416 g/mol. The Morgan fingerprint density at radius 3 is 2.35 bits per heavy atom. The number of ether oxygens (including phenoxy) is 3. The van der Waals surface area contributed by atoms with E-state index in [2.05, 4.69) is 10.5 Å². The number of carbonyl (C=O) groups is 1. The van der Waals surface area contributed by atoms with E-state index < -0.39 is 0 Å². The second-order valence-electron chi connectivity index (χ2n) is 6.45. The molecule has 0 spiro atoms. The second kappa shape index (κ2) is 11.6. The van der Waals surface area contributed by atoms with Gasteiger partial charge in [-0.2, -0.15) is 5.10 Å². The first-order chi connectivity index (χ1) is 15.2. The number of carbonyl (C=O) groups excluding carboxylic acids is 1. The number of hydrogen-bond donors (Lipinski definition) is 1. The molecule has 1 amide bonds. The number of hydrazone groups is 1. The van der Waals surface area contributed by atoms with E-state index in [1.54, 1.807) is 49.6 Å². The van der Waals surface area contributed by atoms with Crippen LogP contribution in [0, 0.1) is 0 Å². The van der Waals surface area contributed by atoms with Gasteiger partial charge in [0.1, 0.15) is 5.75 Å². The van der Waals surface area contributed by atoms with Gasteiger partial charge in [-0.15, -0.1) is 0 Å². The van der Waals surface area contributed by atoms with Gasteiger partial charge in [0.2, 0.25) is 0 Å². The first-order valence-corrected chi connectivity index (χ1v) is 10.1. The third kappa shape index (κ3) is 6.76. The minimum absolute atomic E-state index is 0.296. The molecule has 0 aromatic heterocycles. The van der Waals surface area contributed by atoms with Crippen LogP contribution in [-0.2, 0) is 0 Å². The molecule has 6 nitrogen and oxygen atoms in total. The van der Waals surface area contributed by atoms with Crippen molar-refractivity contribution in [2.24, 2.45) is 5.10 Å². The topological polar surface area (TPSA) is 69.2 Å². The van der Waals surface area contributed by atoms with Gasteiger partial charge < -0.3 is 14.2 Å². The van der Waals surface area contributed by atoms with Crippen molar-refractivity contribution < 1.29 is 19.0 Å². The SMILES string of the molecule is COc1ccccc1OCCCOc1ccc(Cl)cc1C=NNC(=O)c1ccccc1.